The van der Waals surface area contributed by atoms with Crippen LogP contribution in [0.25, 0.3) is 0 Å². The largest absolute Gasteiger partial charge is 0.479 e. The maximum absolute atomic E-state index is 12.9. The van der Waals surface area contributed by atoms with Crippen molar-refractivity contribution in [2.75, 3.05) is 31.5 Å². The van der Waals surface area contributed by atoms with E-state index in [1.807, 2.05) is 4.90 Å². The quantitative estimate of drug-likeness (QED) is 0.731. The van der Waals surface area contributed by atoms with Crippen LogP contribution >= 0.6 is 12.4 Å². The van der Waals surface area contributed by atoms with Crippen molar-refractivity contribution in [2.45, 2.75) is 38.7 Å². The van der Waals surface area contributed by atoms with Crippen LogP contribution in [-0.2, 0) is 9.59 Å². The van der Waals surface area contributed by atoms with Crippen molar-refractivity contribution in [1.82, 2.24) is 10.2 Å². The Labute approximate surface area is 176 Å². The molecule has 2 saturated heterocycles. The average Bonchev–Trinajstić information content (AvgIpc) is 2.74. The lowest BCUT2D eigenvalue weighted by molar-refractivity contribution is -0.137. The molecule has 2 fully saturated rings. The molecule has 29 heavy (non-hydrogen) atoms. The number of ether oxygens (including phenoxy) is 1. The van der Waals surface area contributed by atoms with E-state index in [0.29, 0.717) is 42.9 Å². The van der Waals surface area contributed by atoms with E-state index in [9.17, 15) is 14.4 Å². The first kappa shape index (κ1) is 21.6. The number of Topliss-reactive ketones (excluding diaryl/α,β-unsaturated/α-hetero) is 1. The van der Waals surface area contributed by atoms with Gasteiger partial charge in [-0.1, -0.05) is 0 Å². The molecule has 4 rings (SSSR count). The van der Waals surface area contributed by atoms with Gasteiger partial charge in [-0.15, -0.1) is 12.4 Å². The Morgan fingerprint density at radius 1 is 1.14 bits per heavy atom. The molecule has 2 atom stereocenters. The van der Waals surface area contributed by atoms with Crippen molar-refractivity contribution < 1.29 is 19.1 Å². The monoisotopic (exact) mass is 421 g/mol. The molecule has 0 bridgehead atoms. The van der Waals surface area contributed by atoms with Gasteiger partial charge in [-0.05, 0) is 57.4 Å². The number of benzene rings is 1. The Balaban J connectivity index is 0.00000240. The van der Waals surface area contributed by atoms with Crippen LogP contribution in [0.5, 0.6) is 5.75 Å². The Bertz CT molecular complexity index is 786. The number of nitrogens with zero attached hydrogens (tertiary/aromatic N) is 1. The number of hydrogen-bond acceptors (Lipinski definition) is 5. The molecule has 0 aromatic heterocycles. The standard InChI is InChI=1S/C21H27N3O4.ClH/c1-13-20(26)23-17-11-15(4-5-18(17)28-13)19(25)14-6-9-24(10-7-14)21(27)16-3-2-8-22-12-16;/h4-5,11,13-14,16,22H,2-3,6-10,12H2,1H3,(H,23,26);1H. The molecular formula is C21H28ClN3O4. The molecule has 0 spiro atoms. The SMILES string of the molecule is CC1Oc2ccc(C(=O)C3CCN(C(=O)C4CCCNC4)CC3)cc2NC1=O.Cl. The third kappa shape index (κ3) is 4.56. The van der Waals surface area contributed by atoms with Gasteiger partial charge in [-0.3, -0.25) is 14.4 Å². The first-order valence-corrected chi connectivity index (χ1v) is 10.2. The van der Waals surface area contributed by atoms with Gasteiger partial charge in [0.2, 0.25) is 5.91 Å². The number of likely N-dealkylation sites (tertiary alicyclic amines) is 1. The van der Waals surface area contributed by atoms with Crippen LogP contribution in [0.2, 0.25) is 0 Å². The molecule has 2 amide bonds. The number of carbonyl (C=O) groups is 3. The van der Waals surface area contributed by atoms with Crippen LogP contribution in [-0.4, -0.2) is 54.8 Å². The van der Waals surface area contributed by atoms with Gasteiger partial charge in [0.1, 0.15) is 5.75 Å². The highest BCUT2D eigenvalue weighted by atomic mass is 35.5. The second-order valence-corrected chi connectivity index (χ2v) is 7.97. The zero-order valence-corrected chi connectivity index (χ0v) is 17.4. The highest BCUT2D eigenvalue weighted by Gasteiger charge is 2.32. The summed E-state index contributed by atoms with van der Waals surface area (Å²) in [5, 5.41) is 6.08. The zero-order chi connectivity index (χ0) is 19.7. The molecule has 7 nitrogen and oxygen atoms in total. The van der Waals surface area contributed by atoms with Gasteiger partial charge in [0, 0.05) is 31.1 Å². The topological polar surface area (TPSA) is 87.7 Å². The predicted molar refractivity (Wildman–Crippen MR) is 112 cm³/mol. The minimum Gasteiger partial charge on any atom is -0.479 e. The fourth-order valence-electron chi connectivity index (χ4n) is 4.28. The van der Waals surface area contributed by atoms with Gasteiger partial charge in [-0.25, -0.2) is 0 Å². The van der Waals surface area contributed by atoms with Crippen LogP contribution in [0.1, 0.15) is 43.0 Å². The summed E-state index contributed by atoms with van der Waals surface area (Å²) < 4.78 is 5.55. The summed E-state index contributed by atoms with van der Waals surface area (Å²) >= 11 is 0. The second kappa shape index (κ2) is 9.13. The number of ketones is 1. The van der Waals surface area contributed by atoms with Gasteiger partial charge in [-0.2, -0.15) is 0 Å². The number of fused-ring (bicyclic) bond motifs is 1. The van der Waals surface area contributed by atoms with Crippen molar-refractivity contribution in [3.63, 3.8) is 0 Å². The first-order chi connectivity index (χ1) is 13.5. The summed E-state index contributed by atoms with van der Waals surface area (Å²) in [4.78, 5) is 39.3. The van der Waals surface area contributed by atoms with E-state index in [1.165, 1.54) is 0 Å². The van der Waals surface area contributed by atoms with Gasteiger partial charge in [0.15, 0.2) is 11.9 Å². The number of nitrogens with one attached hydrogen (secondary N) is 2. The smallest absolute Gasteiger partial charge is 0.265 e. The molecular weight excluding hydrogens is 394 g/mol. The Hall–Kier alpha value is -2.12. The minimum atomic E-state index is -0.532. The number of halogens is 1. The number of rotatable bonds is 3. The molecule has 8 heteroatoms. The Morgan fingerprint density at radius 2 is 1.90 bits per heavy atom. The molecule has 0 saturated carbocycles. The molecule has 1 aromatic carbocycles. The molecule has 3 heterocycles. The number of piperidine rings is 2. The number of anilines is 1. The van der Waals surface area contributed by atoms with Crippen LogP contribution in [0.3, 0.4) is 0 Å². The van der Waals surface area contributed by atoms with Crippen molar-refractivity contribution in [3.05, 3.63) is 23.8 Å². The molecule has 0 radical (unpaired) electrons. The number of amides is 2. The van der Waals surface area contributed by atoms with E-state index < -0.39 is 6.10 Å². The van der Waals surface area contributed by atoms with E-state index in [4.69, 9.17) is 4.74 Å². The van der Waals surface area contributed by atoms with E-state index in [2.05, 4.69) is 10.6 Å². The zero-order valence-electron chi connectivity index (χ0n) is 16.6. The highest BCUT2D eigenvalue weighted by molar-refractivity contribution is 6.02. The van der Waals surface area contributed by atoms with Crippen LogP contribution in [0.4, 0.5) is 5.69 Å². The molecule has 0 aliphatic carbocycles. The van der Waals surface area contributed by atoms with E-state index >= 15 is 0 Å². The minimum absolute atomic E-state index is 0. The van der Waals surface area contributed by atoms with E-state index in [1.54, 1.807) is 25.1 Å². The average molecular weight is 422 g/mol. The predicted octanol–water partition coefficient (Wildman–Crippen LogP) is 2.25. The summed E-state index contributed by atoms with van der Waals surface area (Å²) in [6.07, 6.45) is 2.83. The third-order valence-corrected chi connectivity index (χ3v) is 6.02. The van der Waals surface area contributed by atoms with Gasteiger partial charge in [0.25, 0.3) is 5.91 Å². The number of carbonyl (C=O) groups excluding carboxylic acids is 3. The fraction of sp³-hybridized carbons (Fsp3) is 0.571. The van der Waals surface area contributed by atoms with Crippen LogP contribution in [0.15, 0.2) is 18.2 Å². The van der Waals surface area contributed by atoms with E-state index in [-0.39, 0.29) is 41.8 Å². The Kier molecular flexibility index (Phi) is 6.80. The summed E-state index contributed by atoms with van der Waals surface area (Å²) in [5.41, 5.74) is 1.13. The summed E-state index contributed by atoms with van der Waals surface area (Å²) in [5.74, 6) is 0.660. The summed E-state index contributed by atoms with van der Waals surface area (Å²) in [6.45, 7) is 4.71. The lowest BCUT2D eigenvalue weighted by Crippen LogP contribution is -2.46. The molecule has 3 aliphatic rings. The van der Waals surface area contributed by atoms with Crippen molar-refractivity contribution in [3.8, 4) is 5.75 Å². The Morgan fingerprint density at radius 3 is 2.59 bits per heavy atom. The summed E-state index contributed by atoms with van der Waals surface area (Å²) in [6, 6.07) is 5.20. The first-order valence-electron chi connectivity index (χ1n) is 10.2. The van der Waals surface area contributed by atoms with Crippen molar-refractivity contribution in [2.24, 2.45) is 11.8 Å². The van der Waals surface area contributed by atoms with Gasteiger partial charge >= 0.3 is 0 Å². The molecule has 2 unspecified atom stereocenters. The van der Waals surface area contributed by atoms with Crippen molar-refractivity contribution >= 4 is 35.7 Å². The second-order valence-electron chi connectivity index (χ2n) is 7.97. The third-order valence-electron chi connectivity index (χ3n) is 6.02. The van der Waals surface area contributed by atoms with Crippen molar-refractivity contribution in [1.29, 1.82) is 0 Å². The fourth-order valence-corrected chi connectivity index (χ4v) is 4.28. The maximum atomic E-state index is 12.9. The normalized spacial score (nSPS) is 24.6. The van der Waals surface area contributed by atoms with E-state index in [0.717, 1.165) is 25.9 Å². The molecule has 158 valence electrons. The number of hydrogen-bond donors (Lipinski definition) is 2. The maximum Gasteiger partial charge on any atom is 0.265 e. The molecule has 2 N–H and O–H groups in total. The van der Waals surface area contributed by atoms with Crippen LogP contribution in [0, 0.1) is 11.8 Å². The van der Waals surface area contributed by atoms with Gasteiger partial charge in [0.05, 0.1) is 11.6 Å². The molecule has 1 aromatic rings. The summed E-state index contributed by atoms with van der Waals surface area (Å²) in [7, 11) is 0. The van der Waals surface area contributed by atoms with Gasteiger partial charge < -0.3 is 20.3 Å². The lowest BCUT2D eigenvalue weighted by Gasteiger charge is -2.35. The molecule has 3 aliphatic heterocycles. The van der Waals surface area contributed by atoms with Crippen LogP contribution < -0.4 is 15.4 Å². The lowest BCUT2D eigenvalue weighted by atomic mass is 9.87. The highest BCUT2D eigenvalue weighted by Crippen LogP contribution is 2.32.